The Hall–Kier alpha value is -2.60. The number of benzene rings is 1. The van der Waals surface area contributed by atoms with Crippen LogP contribution in [0, 0.1) is 5.41 Å². The molecule has 0 aliphatic heterocycles. The molecule has 0 spiro atoms. The quantitative estimate of drug-likeness (QED) is 0.580. The van der Waals surface area contributed by atoms with E-state index < -0.39 is 5.41 Å². The van der Waals surface area contributed by atoms with Gasteiger partial charge in [0.05, 0.1) is 19.7 Å². The van der Waals surface area contributed by atoms with Crippen molar-refractivity contribution in [2.24, 2.45) is 5.41 Å². The summed E-state index contributed by atoms with van der Waals surface area (Å²) in [6.07, 6.45) is 2.04. The Balaban J connectivity index is 2.15. The highest BCUT2D eigenvalue weighted by Gasteiger charge is 2.30. The van der Waals surface area contributed by atoms with Gasteiger partial charge in [0.15, 0.2) is 0 Å². The van der Waals surface area contributed by atoms with E-state index in [2.05, 4.69) is 22.8 Å². The lowest BCUT2D eigenvalue weighted by Crippen LogP contribution is -2.49. The van der Waals surface area contributed by atoms with Gasteiger partial charge in [0.25, 0.3) is 0 Å². The first-order valence-electron chi connectivity index (χ1n) is 10.9. The highest BCUT2D eigenvalue weighted by atomic mass is 16.5. The molecule has 0 saturated heterocycles. The summed E-state index contributed by atoms with van der Waals surface area (Å²) >= 11 is 0. The van der Waals surface area contributed by atoms with Crippen molar-refractivity contribution in [1.82, 2.24) is 14.4 Å². The summed E-state index contributed by atoms with van der Waals surface area (Å²) in [5.74, 6) is -0.106. The van der Waals surface area contributed by atoms with Crippen LogP contribution in [0.5, 0.6) is 0 Å². The lowest BCUT2D eigenvalue weighted by atomic mass is 9.94. The molecule has 0 atom stereocenters. The standard InChI is InChI=1S/C25H37N3O3/c1-20(2)28(23(29)19-27(15-16-31-6)24(30)25(3,4)5)18-22-13-10-14-26(22)17-21-11-8-7-9-12-21/h7-14,20H,15-19H2,1-6H3. The molecular formula is C25H37N3O3. The zero-order valence-corrected chi connectivity index (χ0v) is 19.8. The van der Waals surface area contributed by atoms with Gasteiger partial charge in [-0.05, 0) is 31.5 Å². The molecule has 0 saturated carbocycles. The van der Waals surface area contributed by atoms with E-state index in [-0.39, 0.29) is 24.4 Å². The number of rotatable bonds is 10. The number of hydrogen-bond donors (Lipinski definition) is 0. The number of carbonyl (C=O) groups excluding carboxylic acids is 2. The SMILES string of the molecule is COCCN(CC(=O)N(Cc1cccn1Cc1ccccc1)C(C)C)C(=O)C(C)(C)C. The fourth-order valence-electron chi connectivity index (χ4n) is 3.44. The average molecular weight is 428 g/mol. The van der Waals surface area contributed by atoms with Crippen molar-refractivity contribution in [2.75, 3.05) is 26.8 Å². The molecule has 1 heterocycles. The van der Waals surface area contributed by atoms with E-state index in [1.165, 1.54) is 5.56 Å². The number of carbonyl (C=O) groups is 2. The van der Waals surface area contributed by atoms with Crippen LogP contribution in [-0.2, 0) is 27.4 Å². The molecule has 1 aromatic heterocycles. The minimum absolute atomic E-state index is 0.0154. The van der Waals surface area contributed by atoms with Crippen LogP contribution < -0.4 is 0 Å². The van der Waals surface area contributed by atoms with E-state index >= 15 is 0 Å². The summed E-state index contributed by atoms with van der Waals surface area (Å²) in [5, 5.41) is 0. The second-order valence-electron chi connectivity index (χ2n) is 9.20. The van der Waals surface area contributed by atoms with Crippen LogP contribution in [-0.4, -0.2) is 59.0 Å². The van der Waals surface area contributed by atoms with Crippen molar-refractivity contribution in [3.8, 4) is 0 Å². The monoisotopic (exact) mass is 427 g/mol. The number of amides is 2. The van der Waals surface area contributed by atoms with Crippen LogP contribution in [0.2, 0.25) is 0 Å². The minimum Gasteiger partial charge on any atom is -0.383 e. The summed E-state index contributed by atoms with van der Waals surface area (Å²) in [6.45, 7) is 11.7. The van der Waals surface area contributed by atoms with Crippen LogP contribution in [0.15, 0.2) is 48.7 Å². The fourth-order valence-corrected chi connectivity index (χ4v) is 3.44. The van der Waals surface area contributed by atoms with E-state index in [4.69, 9.17) is 4.74 Å². The van der Waals surface area contributed by atoms with Gasteiger partial charge in [0, 0.05) is 43.5 Å². The molecule has 31 heavy (non-hydrogen) atoms. The number of ether oxygens (including phenoxy) is 1. The molecule has 2 aromatic rings. The maximum Gasteiger partial charge on any atom is 0.242 e. The molecule has 0 aliphatic rings. The second-order valence-corrected chi connectivity index (χ2v) is 9.20. The van der Waals surface area contributed by atoms with Crippen molar-refractivity contribution in [3.63, 3.8) is 0 Å². The number of nitrogens with zero attached hydrogens (tertiary/aromatic N) is 3. The highest BCUT2D eigenvalue weighted by Crippen LogP contribution is 2.18. The van der Waals surface area contributed by atoms with Crippen LogP contribution >= 0.6 is 0 Å². The fraction of sp³-hybridized carbons (Fsp3) is 0.520. The summed E-state index contributed by atoms with van der Waals surface area (Å²) in [7, 11) is 1.60. The van der Waals surface area contributed by atoms with E-state index in [1.54, 1.807) is 12.0 Å². The van der Waals surface area contributed by atoms with Crippen LogP contribution in [0.4, 0.5) is 0 Å². The van der Waals surface area contributed by atoms with Crippen LogP contribution in [0.25, 0.3) is 0 Å². The van der Waals surface area contributed by atoms with Crippen molar-refractivity contribution >= 4 is 11.8 Å². The van der Waals surface area contributed by atoms with Gasteiger partial charge in [0.2, 0.25) is 11.8 Å². The maximum absolute atomic E-state index is 13.3. The van der Waals surface area contributed by atoms with E-state index in [1.807, 2.05) is 70.0 Å². The molecule has 0 fully saturated rings. The maximum atomic E-state index is 13.3. The predicted octanol–water partition coefficient (Wildman–Crippen LogP) is 3.79. The summed E-state index contributed by atoms with van der Waals surface area (Å²) in [4.78, 5) is 29.6. The Bertz CT molecular complexity index is 837. The van der Waals surface area contributed by atoms with Crippen molar-refractivity contribution in [1.29, 1.82) is 0 Å². The first kappa shape index (κ1) is 24.7. The van der Waals surface area contributed by atoms with Crippen LogP contribution in [0.3, 0.4) is 0 Å². The lowest BCUT2D eigenvalue weighted by Gasteiger charge is -2.33. The Morgan fingerprint density at radius 1 is 1.06 bits per heavy atom. The Kier molecular flexibility index (Phi) is 8.87. The molecule has 0 unspecified atom stereocenters. The molecule has 2 amide bonds. The molecule has 1 aromatic carbocycles. The Labute approximate surface area is 186 Å². The Morgan fingerprint density at radius 3 is 2.32 bits per heavy atom. The van der Waals surface area contributed by atoms with Crippen LogP contribution in [0.1, 0.15) is 45.9 Å². The average Bonchev–Trinajstić information content (AvgIpc) is 3.15. The molecule has 0 bridgehead atoms. The summed E-state index contributed by atoms with van der Waals surface area (Å²) < 4.78 is 7.33. The van der Waals surface area contributed by atoms with Gasteiger partial charge in [-0.1, -0.05) is 51.1 Å². The topological polar surface area (TPSA) is 54.8 Å². The zero-order valence-electron chi connectivity index (χ0n) is 19.8. The molecule has 0 radical (unpaired) electrons. The third-order valence-corrected chi connectivity index (χ3v) is 5.22. The molecule has 170 valence electrons. The van der Waals surface area contributed by atoms with Gasteiger partial charge < -0.3 is 19.1 Å². The van der Waals surface area contributed by atoms with Gasteiger partial charge in [-0.25, -0.2) is 0 Å². The second kappa shape index (κ2) is 11.1. The van der Waals surface area contributed by atoms with Crippen molar-refractivity contribution < 1.29 is 14.3 Å². The molecule has 6 nitrogen and oxygen atoms in total. The van der Waals surface area contributed by atoms with E-state index in [0.29, 0.717) is 19.7 Å². The molecule has 0 aliphatic carbocycles. The van der Waals surface area contributed by atoms with E-state index in [0.717, 1.165) is 12.2 Å². The molecule has 6 heteroatoms. The number of hydrogen-bond acceptors (Lipinski definition) is 3. The largest absolute Gasteiger partial charge is 0.383 e. The molecule has 2 rings (SSSR count). The van der Waals surface area contributed by atoms with Gasteiger partial charge in [-0.2, -0.15) is 0 Å². The first-order valence-corrected chi connectivity index (χ1v) is 10.9. The van der Waals surface area contributed by atoms with Gasteiger partial charge in [-0.15, -0.1) is 0 Å². The predicted molar refractivity (Wildman–Crippen MR) is 124 cm³/mol. The first-order chi connectivity index (χ1) is 14.6. The third kappa shape index (κ3) is 7.24. The third-order valence-electron chi connectivity index (χ3n) is 5.22. The summed E-state index contributed by atoms with van der Waals surface area (Å²) in [6, 6.07) is 14.3. The normalized spacial score (nSPS) is 11.6. The Morgan fingerprint density at radius 2 is 1.74 bits per heavy atom. The zero-order chi connectivity index (χ0) is 23.0. The van der Waals surface area contributed by atoms with Crippen molar-refractivity contribution in [3.05, 3.63) is 59.9 Å². The summed E-state index contributed by atoms with van der Waals surface area (Å²) in [5.41, 5.74) is 1.72. The van der Waals surface area contributed by atoms with Crippen molar-refractivity contribution in [2.45, 2.75) is 53.8 Å². The lowest BCUT2D eigenvalue weighted by molar-refractivity contribution is -0.147. The number of methoxy groups -OCH3 is 1. The van der Waals surface area contributed by atoms with Gasteiger partial charge in [-0.3, -0.25) is 9.59 Å². The smallest absolute Gasteiger partial charge is 0.242 e. The molecule has 0 N–H and O–H groups in total. The van der Waals surface area contributed by atoms with Gasteiger partial charge >= 0.3 is 0 Å². The van der Waals surface area contributed by atoms with Gasteiger partial charge in [0.1, 0.15) is 0 Å². The highest BCUT2D eigenvalue weighted by molar-refractivity contribution is 5.87. The number of aromatic nitrogens is 1. The minimum atomic E-state index is -0.554. The molecular weight excluding hydrogens is 390 g/mol. The van der Waals surface area contributed by atoms with E-state index in [9.17, 15) is 9.59 Å².